The molecule has 0 N–H and O–H groups in total. The van der Waals surface area contributed by atoms with E-state index < -0.39 is 0 Å². The lowest BCUT2D eigenvalue weighted by Crippen LogP contribution is -0.856. The summed E-state index contributed by atoms with van der Waals surface area (Å²) in [4.78, 5) is 0. The van der Waals surface area contributed by atoms with Gasteiger partial charge in [-0.25, -0.2) is 0 Å². The summed E-state index contributed by atoms with van der Waals surface area (Å²) in [5, 5.41) is 0. The Bertz CT molecular complexity index is 3.61. The molecule has 0 rings (SSSR count). The molecule has 0 aliphatic carbocycles. The second-order valence-electron chi connectivity index (χ2n) is 0. The molecule has 0 unspecified atom stereocenters. The van der Waals surface area contributed by atoms with Crippen molar-refractivity contribution in [1.82, 2.24) is 0 Å². The van der Waals surface area contributed by atoms with Crippen molar-refractivity contribution in [3.8, 4) is 0 Å². The van der Waals surface area contributed by atoms with Crippen molar-refractivity contribution < 1.29 is 0 Å². The van der Waals surface area contributed by atoms with Gasteiger partial charge in [0, 0.05) is 8.41 Å². The Hall–Kier alpha value is 0.0649. The Kier molecular flexibility index (Phi) is 35500. The number of hydrogen-bond acceptors (Lipinski definition) is 0. The molecule has 31 valence electrons. The van der Waals surface area contributed by atoms with E-state index in [-0.39, 0.29) is 8.41 Å². The average Bonchev–Trinajstić information content (AvgIpc) is 1.50. The highest BCUT2D eigenvalue weighted by atomic mass is 13.0. The van der Waals surface area contributed by atoms with Crippen molar-refractivity contribution in [2.24, 2.45) is 0 Å². The Balaban J connectivity index is -0.0000000133. The minimum atomic E-state index is 0. The van der Waals surface area contributed by atoms with Crippen LogP contribution in [-0.2, 0) is 0 Å². The summed E-state index contributed by atoms with van der Waals surface area (Å²) >= 11 is 0. The highest BCUT2D eigenvalue weighted by Crippen LogP contribution is 1.15. The van der Waals surface area contributed by atoms with Crippen LogP contribution in [0.4, 0.5) is 0 Å². The smallest absolute Gasteiger partial charge is 0 e. The molecular weight excluding hydrogens is 58.9 g/mol. The van der Waals surface area contributed by atoms with Gasteiger partial charge < -0.3 is 0 Å². The van der Waals surface area contributed by atoms with Crippen LogP contribution < -0.4 is 0 Å². The van der Waals surface area contributed by atoms with Crippen molar-refractivity contribution in [3.63, 3.8) is 0 Å². The van der Waals surface area contributed by atoms with Crippen molar-refractivity contribution in [3.05, 3.63) is 0 Å². The lowest BCUT2D eigenvalue weighted by molar-refractivity contribution is 1.50. The van der Waals surface area contributed by atoms with E-state index in [1.54, 1.807) is 0 Å². The van der Waals surface area contributed by atoms with Crippen LogP contribution in [0, 0.1) is 0 Å². The summed E-state index contributed by atoms with van der Waals surface area (Å²) < 4.78 is 0. The highest BCUT2D eigenvalue weighted by molar-refractivity contribution is 5.75. The summed E-state index contributed by atoms with van der Waals surface area (Å²) in [7, 11) is 0. The molecule has 0 nitrogen and oxygen atoms in total. The first-order valence-corrected chi connectivity index (χ1v) is 2.00. The molecule has 1 heteroatoms. The molecule has 0 saturated heterocycles. The van der Waals surface area contributed by atoms with E-state index in [0.717, 1.165) is 0 Å². The van der Waals surface area contributed by atoms with Crippen LogP contribution in [0.5, 0.6) is 0 Å². The summed E-state index contributed by atoms with van der Waals surface area (Å²) in [6, 6.07) is 0. The Morgan fingerprint density at radius 2 is 0.600 bits per heavy atom. The summed E-state index contributed by atoms with van der Waals surface area (Å²) in [5.74, 6) is 0. The third-order valence-electron chi connectivity index (χ3n) is 0. The normalized spacial score (nSPS) is 2.40. The van der Waals surface area contributed by atoms with Crippen molar-refractivity contribution >= 4 is 8.41 Å². The molecule has 0 fully saturated rings. The van der Waals surface area contributed by atoms with Gasteiger partial charge >= 0.3 is 0 Å². The van der Waals surface area contributed by atoms with E-state index in [9.17, 15) is 0 Å². The maximum Gasteiger partial charge on any atom is 0 e. The van der Waals surface area contributed by atoms with Gasteiger partial charge in [-0.2, -0.15) is 0 Å². The maximum atomic E-state index is 2.00. The van der Waals surface area contributed by atoms with Crippen molar-refractivity contribution in [2.75, 3.05) is 0 Å². The fourth-order valence-electron chi connectivity index (χ4n) is 0. The molecule has 0 aromatic rings. The van der Waals surface area contributed by atoms with Crippen molar-refractivity contribution in [1.29, 1.82) is 0 Å². The molecule has 0 aromatic heterocycles. The first-order valence-electron chi connectivity index (χ1n) is 2.00. The molecule has 0 aromatic carbocycles. The topological polar surface area (TPSA) is 0 Å². The Morgan fingerprint density at radius 3 is 0.600 bits per heavy atom. The van der Waals surface area contributed by atoms with E-state index in [1.807, 2.05) is 27.7 Å². The molecule has 0 amide bonds. The molecular formula is C4H12B. The van der Waals surface area contributed by atoms with Gasteiger partial charge in [0.2, 0.25) is 0 Å². The van der Waals surface area contributed by atoms with E-state index in [2.05, 4.69) is 0 Å². The molecule has 0 saturated carbocycles. The maximum absolute atomic E-state index is 2.00. The zero-order chi connectivity index (χ0) is 4.00. The molecule has 0 aliphatic heterocycles. The van der Waals surface area contributed by atoms with Crippen LogP contribution in [0.3, 0.4) is 0 Å². The van der Waals surface area contributed by atoms with Gasteiger partial charge in [0.05, 0.1) is 0 Å². The number of hydrogen-bond donors (Lipinski definition) is 0. The second kappa shape index (κ2) is 9060. The minimum absolute atomic E-state index is 0. The quantitative estimate of drug-likeness (QED) is 0.381. The Morgan fingerprint density at radius 1 is 0.600 bits per heavy atom. The molecule has 0 atom stereocenters. The fraction of sp³-hybridized carbons (Fsp3) is 1.00. The highest BCUT2D eigenvalue weighted by Gasteiger charge is 0.934. The van der Waals surface area contributed by atoms with E-state index in [0.29, 0.717) is 0 Å². The lowest BCUT2D eigenvalue weighted by atomic mass is 10.8. The molecule has 0 aliphatic rings. The predicted molar refractivity (Wildman–Crippen MR) is 28.4 cm³/mol. The van der Waals surface area contributed by atoms with Crippen LogP contribution in [0.1, 0.15) is 27.7 Å². The van der Waals surface area contributed by atoms with Gasteiger partial charge in [-0.3, -0.25) is 0 Å². The third-order valence-corrected chi connectivity index (χ3v) is 0. The van der Waals surface area contributed by atoms with Crippen LogP contribution in [0.2, 0.25) is 0 Å². The van der Waals surface area contributed by atoms with Crippen LogP contribution in [0.15, 0.2) is 0 Å². The minimum Gasteiger partial charge on any atom is -0.0683 e. The largest absolute Gasteiger partial charge is 0.0683 e. The molecule has 0 heterocycles. The third kappa shape index (κ3) is 4110. The van der Waals surface area contributed by atoms with Gasteiger partial charge in [-0.15, -0.1) is 0 Å². The van der Waals surface area contributed by atoms with E-state index in [1.165, 1.54) is 0 Å². The van der Waals surface area contributed by atoms with E-state index in [4.69, 9.17) is 0 Å². The van der Waals surface area contributed by atoms with Gasteiger partial charge in [-0.1, -0.05) is 27.7 Å². The predicted octanol–water partition coefficient (Wildman–Crippen LogP) is 1.67. The average molecular weight is 71.0 g/mol. The molecule has 0 bridgehead atoms. The lowest BCUT2D eigenvalue weighted by Gasteiger charge is -1.07. The van der Waals surface area contributed by atoms with Gasteiger partial charge in [0.1, 0.15) is 0 Å². The Labute approximate surface area is 37.2 Å². The van der Waals surface area contributed by atoms with Gasteiger partial charge in [-0.05, 0) is 0 Å². The molecule has 0 spiro atoms. The molecule has 5 heavy (non-hydrogen) atoms. The fourth-order valence-corrected chi connectivity index (χ4v) is 0. The van der Waals surface area contributed by atoms with Crippen LogP contribution in [0.25, 0.3) is 0 Å². The van der Waals surface area contributed by atoms with Crippen LogP contribution >= 0.6 is 0 Å². The first kappa shape index (κ1) is 19.6. The summed E-state index contributed by atoms with van der Waals surface area (Å²) in [5.41, 5.74) is 0. The van der Waals surface area contributed by atoms with Crippen LogP contribution in [-0.4, -0.2) is 8.41 Å². The van der Waals surface area contributed by atoms with Crippen molar-refractivity contribution in [2.45, 2.75) is 27.7 Å². The monoisotopic (exact) mass is 71.1 g/mol. The van der Waals surface area contributed by atoms with Gasteiger partial charge in [0.25, 0.3) is 0 Å². The first-order chi connectivity index (χ1) is 2.00. The molecule has 3 radical (unpaired) electrons. The zero-order valence-electron chi connectivity index (χ0n) is 4.58. The SMILES string of the molecule is CC.CC.[B]. The van der Waals surface area contributed by atoms with Gasteiger partial charge in [0.15, 0.2) is 0 Å². The van der Waals surface area contributed by atoms with E-state index >= 15 is 0 Å². The summed E-state index contributed by atoms with van der Waals surface area (Å²) in [6.07, 6.45) is 0. The summed E-state index contributed by atoms with van der Waals surface area (Å²) in [6.45, 7) is 8.00. The number of rotatable bonds is 0. The second-order valence-corrected chi connectivity index (χ2v) is 0. The zero-order valence-corrected chi connectivity index (χ0v) is 4.58. The standard InChI is InChI=1S/2C2H6.B/c2*1-2;/h2*1-2H3;.